The molecule has 0 saturated carbocycles. The SMILES string of the molecule is COC(=O)c1cc(Cl)cc(-c2ccccc2)n1. The number of pyridine rings is 1. The van der Waals surface area contributed by atoms with Crippen LogP contribution in [0.25, 0.3) is 11.3 Å². The highest BCUT2D eigenvalue weighted by Crippen LogP contribution is 2.21. The summed E-state index contributed by atoms with van der Waals surface area (Å²) in [5, 5.41) is 0.458. The number of hydrogen-bond acceptors (Lipinski definition) is 3. The number of benzene rings is 1. The van der Waals surface area contributed by atoms with E-state index in [0.29, 0.717) is 10.7 Å². The van der Waals surface area contributed by atoms with Gasteiger partial charge in [0.25, 0.3) is 0 Å². The summed E-state index contributed by atoms with van der Waals surface area (Å²) in [6, 6.07) is 12.7. The van der Waals surface area contributed by atoms with Crippen molar-refractivity contribution < 1.29 is 9.53 Å². The Morgan fingerprint density at radius 3 is 2.59 bits per heavy atom. The van der Waals surface area contributed by atoms with Crippen molar-refractivity contribution >= 4 is 17.6 Å². The van der Waals surface area contributed by atoms with E-state index in [4.69, 9.17) is 11.6 Å². The molecule has 0 bridgehead atoms. The molecule has 1 heterocycles. The number of esters is 1. The Balaban J connectivity index is 2.49. The Labute approximate surface area is 104 Å². The van der Waals surface area contributed by atoms with Crippen LogP contribution in [-0.2, 0) is 4.74 Å². The lowest BCUT2D eigenvalue weighted by Gasteiger charge is -2.04. The number of nitrogens with zero attached hydrogens (tertiary/aromatic N) is 1. The standard InChI is InChI=1S/C13H10ClNO2/c1-17-13(16)12-8-10(14)7-11(15-12)9-5-3-2-4-6-9/h2-8H,1H3. The van der Waals surface area contributed by atoms with E-state index < -0.39 is 5.97 Å². The van der Waals surface area contributed by atoms with Crippen molar-refractivity contribution in [2.45, 2.75) is 0 Å². The largest absolute Gasteiger partial charge is 0.464 e. The minimum atomic E-state index is -0.496. The number of aromatic nitrogens is 1. The molecular formula is C13H10ClNO2. The molecule has 3 nitrogen and oxygen atoms in total. The van der Waals surface area contributed by atoms with Crippen LogP contribution >= 0.6 is 11.6 Å². The number of methoxy groups -OCH3 is 1. The first-order chi connectivity index (χ1) is 8.20. The highest BCUT2D eigenvalue weighted by Gasteiger charge is 2.10. The van der Waals surface area contributed by atoms with Crippen LogP contribution in [0.2, 0.25) is 5.02 Å². The fraction of sp³-hybridized carbons (Fsp3) is 0.0769. The van der Waals surface area contributed by atoms with Gasteiger partial charge in [-0.3, -0.25) is 0 Å². The van der Waals surface area contributed by atoms with Crippen molar-refractivity contribution in [3.63, 3.8) is 0 Å². The first-order valence-electron chi connectivity index (χ1n) is 5.02. The molecule has 2 rings (SSSR count). The molecule has 0 amide bonds. The quantitative estimate of drug-likeness (QED) is 0.765. The first-order valence-corrected chi connectivity index (χ1v) is 5.40. The molecule has 2 aromatic rings. The van der Waals surface area contributed by atoms with Gasteiger partial charge in [0.15, 0.2) is 5.69 Å². The molecular weight excluding hydrogens is 238 g/mol. The van der Waals surface area contributed by atoms with E-state index in [1.807, 2.05) is 30.3 Å². The van der Waals surface area contributed by atoms with Gasteiger partial charge in [-0.2, -0.15) is 0 Å². The Bertz CT molecular complexity index is 540. The van der Waals surface area contributed by atoms with Crippen molar-refractivity contribution in [1.29, 1.82) is 0 Å². The molecule has 0 unspecified atom stereocenters. The van der Waals surface area contributed by atoms with Crippen LogP contribution in [0.15, 0.2) is 42.5 Å². The lowest BCUT2D eigenvalue weighted by atomic mass is 10.1. The highest BCUT2D eigenvalue weighted by atomic mass is 35.5. The minimum Gasteiger partial charge on any atom is -0.464 e. The predicted molar refractivity (Wildman–Crippen MR) is 66.0 cm³/mol. The van der Waals surface area contributed by atoms with Crippen LogP contribution in [-0.4, -0.2) is 18.1 Å². The van der Waals surface area contributed by atoms with Crippen molar-refractivity contribution in [2.75, 3.05) is 7.11 Å². The van der Waals surface area contributed by atoms with E-state index in [9.17, 15) is 4.79 Å². The lowest BCUT2D eigenvalue weighted by Crippen LogP contribution is -2.04. The molecule has 0 aliphatic carbocycles. The maximum Gasteiger partial charge on any atom is 0.356 e. The normalized spacial score (nSPS) is 10.0. The third-order valence-electron chi connectivity index (χ3n) is 2.25. The molecule has 1 aromatic carbocycles. The van der Waals surface area contributed by atoms with E-state index in [1.165, 1.54) is 13.2 Å². The predicted octanol–water partition coefficient (Wildman–Crippen LogP) is 3.19. The Morgan fingerprint density at radius 2 is 1.94 bits per heavy atom. The summed E-state index contributed by atoms with van der Waals surface area (Å²) < 4.78 is 4.62. The zero-order chi connectivity index (χ0) is 12.3. The highest BCUT2D eigenvalue weighted by molar-refractivity contribution is 6.31. The van der Waals surface area contributed by atoms with E-state index in [2.05, 4.69) is 9.72 Å². The van der Waals surface area contributed by atoms with Crippen LogP contribution in [0.3, 0.4) is 0 Å². The van der Waals surface area contributed by atoms with Crippen molar-refractivity contribution in [3.05, 3.63) is 53.2 Å². The zero-order valence-electron chi connectivity index (χ0n) is 9.18. The molecule has 0 saturated heterocycles. The van der Waals surface area contributed by atoms with Gasteiger partial charge in [0.1, 0.15) is 0 Å². The van der Waals surface area contributed by atoms with Crippen LogP contribution in [0.1, 0.15) is 10.5 Å². The van der Waals surface area contributed by atoms with Gasteiger partial charge in [-0.25, -0.2) is 9.78 Å². The van der Waals surface area contributed by atoms with E-state index in [1.54, 1.807) is 6.07 Å². The Hall–Kier alpha value is -1.87. The smallest absolute Gasteiger partial charge is 0.356 e. The number of ether oxygens (including phenoxy) is 1. The second-order valence-corrected chi connectivity index (χ2v) is 3.85. The molecule has 1 aromatic heterocycles. The monoisotopic (exact) mass is 247 g/mol. The van der Waals surface area contributed by atoms with E-state index >= 15 is 0 Å². The summed E-state index contributed by atoms with van der Waals surface area (Å²) >= 11 is 5.95. The van der Waals surface area contributed by atoms with Gasteiger partial charge in [-0.1, -0.05) is 41.9 Å². The molecule has 0 aliphatic rings. The summed E-state index contributed by atoms with van der Waals surface area (Å²) in [7, 11) is 1.31. The summed E-state index contributed by atoms with van der Waals surface area (Å²) in [6.45, 7) is 0. The molecule has 4 heteroatoms. The van der Waals surface area contributed by atoms with Crippen molar-refractivity contribution in [1.82, 2.24) is 4.98 Å². The number of hydrogen-bond donors (Lipinski definition) is 0. The summed E-state index contributed by atoms with van der Waals surface area (Å²) in [5.74, 6) is -0.496. The van der Waals surface area contributed by atoms with Crippen molar-refractivity contribution in [3.8, 4) is 11.3 Å². The fourth-order valence-electron chi connectivity index (χ4n) is 1.46. The topological polar surface area (TPSA) is 39.2 Å². The van der Waals surface area contributed by atoms with Gasteiger partial charge in [0.05, 0.1) is 12.8 Å². The van der Waals surface area contributed by atoms with Crippen LogP contribution in [0.4, 0.5) is 0 Å². The van der Waals surface area contributed by atoms with E-state index in [-0.39, 0.29) is 5.69 Å². The summed E-state index contributed by atoms with van der Waals surface area (Å²) in [6.07, 6.45) is 0. The molecule has 0 fully saturated rings. The van der Waals surface area contributed by atoms with Gasteiger partial charge in [0.2, 0.25) is 0 Å². The molecule has 0 spiro atoms. The minimum absolute atomic E-state index is 0.207. The fourth-order valence-corrected chi connectivity index (χ4v) is 1.67. The number of rotatable bonds is 2. The van der Waals surface area contributed by atoms with Gasteiger partial charge >= 0.3 is 5.97 Å². The maximum absolute atomic E-state index is 11.4. The second kappa shape index (κ2) is 4.97. The summed E-state index contributed by atoms with van der Waals surface area (Å²) in [4.78, 5) is 15.6. The van der Waals surface area contributed by atoms with E-state index in [0.717, 1.165) is 5.56 Å². The second-order valence-electron chi connectivity index (χ2n) is 3.41. The van der Waals surface area contributed by atoms with Gasteiger partial charge in [-0.05, 0) is 12.1 Å². The average molecular weight is 248 g/mol. The van der Waals surface area contributed by atoms with Crippen LogP contribution < -0.4 is 0 Å². The first kappa shape index (κ1) is 11.6. The van der Waals surface area contributed by atoms with Crippen LogP contribution in [0, 0.1) is 0 Å². The van der Waals surface area contributed by atoms with Gasteiger partial charge < -0.3 is 4.74 Å². The van der Waals surface area contributed by atoms with Gasteiger partial charge in [-0.15, -0.1) is 0 Å². The third-order valence-corrected chi connectivity index (χ3v) is 2.47. The summed E-state index contributed by atoms with van der Waals surface area (Å²) in [5.41, 5.74) is 1.76. The molecule has 0 radical (unpaired) electrons. The number of halogens is 1. The maximum atomic E-state index is 11.4. The Morgan fingerprint density at radius 1 is 1.24 bits per heavy atom. The molecule has 17 heavy (non-hydrogen) atoms. The van der Waals surface area contributed by atoms with Crippen LogP contribution in [0.5, 0.6) is 0 Å². The lowest BCUT2D eigenvalue weighted by molar-refractivity contribution is 0.0594. The third kappa shape index (κ3) is 2.63. The Kier molecular flexibility index (Phi) is 3.40. The average Bonchev–Trinajstić information content (AvgIpc) is 2.38. The zero-order valence-corrected chi connectivity index (χ0v) is 9.94. The number of carbonyl (C=O) groups is 1. The number of carbonyl (C=O) groups excluding carboxylic acids is 1. The van der Waals surface area contributed by atoms with Crippen molar-refractivity contribution in [2.24, 2.45) is 0 Å². The molecule has 0 N–H and O–H groups in total. The van der Waals surface area contributed by atoms with Gasteiger partial charge in [0, 0.05) is 10.6 Å². The molecule has 0 atom stereocenters. The molecule has 0 aliphatic heterocycles. The molecule has 86 valence electrons.